The zero-order valence-electron chi connectivity index (χ0n) is 14.8. The molecule has 1 saturated carbocycles. The maximum absolute atomic E-state index is 12.3. The van der Waals surface area contributed by atoms with E-state index in [0.29, 0.717) is 12.8 Å². The summed E-state index contributed by atoms with van der Waals surface area (Å²) in [7, 11) is 1.62. The van der Waals surface area contributed by atoms with Crippen LogP contribution in [-0.2, 0) is 14.3 Å². The van der Waals surface area contributed by atoms with Crippen molar-refractivity contribution >= 4 is 18.0 Å². The predicted molar refractivity (Wildman–Crippen MR) is 95.4 cm³/mol. The van der Waals surface area contributed by atoms with Crippen molar-refractivity contribution in [3.05, 3.63) is 41.5 Å². The average molecular weight is 340 g/mol. The van der Waals surface area contributed by atoms with Crippen LogP contribution in [0.2, 0.25) is 0 Å². The first kappa shape index (κ1) is 18.7. The lowest BCUT2D eigenvalue weighted by Gasteiger charge is -2.38. The molecule has 0 unspecified atom stereocenters. The van der Waals surface area contributed by atoms with Crippen LogP contribution in [0.15, 0.2) is 30.3 Å². The van der Waals surface area contributed by atoms with Gasteiger partial charge >= 0.3 is 5.97 Å². The summed E-state index contributed by atoms with van der Waals surface area (Å²) in [5, 5.41) is 9.51. The number of amides is 1. The van der Waals surface area contributed by atoms with Crippen LogP contribution in [0.3, 0.4) is 0 Å². The minimum absolute atomic E-state index is 0.347. The SMILES string of the molecule is Cc1ccc(/C=C/C(=O)OCC(=O)N(C)C2(C#N)CCCCC2)cc1. The predicted octanol–water partition coefficient (Wildman–Crippen LogP) is 3.24. The molecule has 0 aliphatic heterocycles. The van der Waals surface area contributed by atoms with Gasteiger partial charge in [0, 0.05) is 13.1 Å². The first-order chi connectivity index (χ1) is 12.0. The highest BCUT2D eigenvalue weighted by molar-refractivity contribution is 5.89. The average Bonchev–Trinajstić information content (AvgIpc) is 2.65. The van der Waals surface area contributed by atoms with Gasteiger partial charge in [-0.2, -0.15) is 5.26 Å². The summed E-state index contributed by atoms with van der Waals surface area (Å²) in [4.78, 5) is 25.5. The normalized spacial score (nSPS) is 16.2. The largest absolute Gasteiger partial charge is 0.452 e. The molecular formula is C20H24N2O3. The molecule has 0 N–H and O–H groups in total. The molecule has 0 atom stereocenters. The Morgan fingerprint density at radius 3 is 2.48 bits per heavy atom. The highest BCUT2D eigenvalue weighted by atomic mass is 16.5. The summed E-state index contributed by atoms with van der Waals surface area (Å²) in [6.07, 6.45) is 7.26. The van der Waals surface area contributed by atoms with Crippen LogP contribution < -0.4 is 0 Å². The second-order valence-corrected chi connectivity index (χ2v) is 6.51. The molecule has 0 aromatic heterocycles. The molecule has 1 aliphatic carbocycles. The Kier molecular flexibility index (Phi) is 6.35. The number of carbonyl (C=O) groups excluding carboxylic acids is 2. The first-order valence-corrected chi connectivity index (χ1v) is 8.56. The minimum atomic E-state index is -0.764. The highest BCUT2D eigenvalue weighted by Gasteiger charge is 2.38. The van der Waals surface area contributed by atoms with Crippen molar-refractivity contribution in [2.24, 2.45) is 0 Å². The minimum Gasteiger partial charge on any atom is -0.452 e. The van der Waals surface area contributed by atoms with Crippen molar-refractivity contribution in [3.63, 3.8) is 0 Å². The third-order valence-electron chi connectivity index (χ3n) is 4.73. The summed E-state index contributed by atoms with van der Waals surface area (Å²) < 4.78 is 5.02. The van der Waals surface area contributed by atoms with Crippen molar-refractivity contribution in [1.29, 1.82) is 5.26 Å². The van der Waals surface area contributed by atoms with Crippen LogP contribution in [0.1, 0.15) is 43.2 Å². The molecule has 0 spiro atoms. The molecule has 0 bridgehead atoms. The Morgan fingerprint density at radius 2 is 1.88 bits per heavy atom. The van der Waals surface area contributed by atoms with E-state index in [1.165, 1.54) is 11.0 Å². The smallest absolute Gasteiger partial charge is 0.331 e. The monoisotopic (exact) mass is 340 g/mol. The van der Waals surface area contributed by atoms with Crippen LogP contribution in [0.5, 0.6) is 0 Å². The standard InChI is InChI=1S/C20H24N2O3/c1-16-6-8-17(9-7-16)10-11-19(24)25-14-18(23)22(2)20(15-21)12-4-3-5-13-20/h6-11H,3-5,12-14H2,1-2H3/b11-10+. The van der Waals surface area contributed by atoms with Crippen molar-refractivity contribution in [1.82, 2.24) is 4.90 Å². The molecule has 5 heteroatoms. The fourth-order valence-electron chi connectivity index (χ4n) is 3.02. The third-order valence-corrected chi connectivity index (χ3v) is 4.73. The van der Waals surface area contributed by atoms with Crippen LogP contribution in [-0.4, -0.2) is 36.0 Å². The molecular weight excluding hydrogens is 316 g/mol. The van der Waals surface area contributed by atoms with Gasteiger partial charge in [-0.25, -0.2) is 4.79 Å². The van der Waals surface area contributed by atoms with E-state index in [1.807, 2.05) is 31.2 Å². The van der Waals surface area contributed by atoms with Gasteiger partial charge in [-0.1, -0.05) is 49.1 Å². The van der Waals surface area contributed by atoms with Crippen molar-refractivity contribution < 1.29 is 14.3 Å². The molecule has 5 nitrogen and oxygen atoms in total. The molecule has 1 aliphatic rings. The van der Waals surface area contributed by atoms with E-state index < -0.39 is 11.5 Å². The maximum Gasteiger partial charge on any atom is 0.331 e. The van der Waals surface area contributed by atoms with Gasteiger partial charge in [0.2, 0.25) is 0 Å². The number of rotatable bonds is 5. The van der Waals surface area contributed by atoms with Crippen LogP contribution in [0.4, 0.5) is 0 Å². The van der Waals surface area contributed by atoms with E-state index in [0.717, 1.165) is 30.4 Å². The summed E-state index contributed by atoms with van der Waals surface area (Å²) in [5.41, 5.74) is 1.26. The van der Waals surface area contributed by atoms with Crippen molar-refractivity contribution in [3.8, 4) is 6.07 Å². The number of carbonyl (C=O) groups is 2. The van der Waals surface area contributed by atoms with Crippen LogP contribution in [0.25, 0.3) is 6.08 Å². The topological polar surface area (TPSA) is 70.4 Å². The van der Waals surface area contributed by atoms with Gasteiger partial charge in [0.25, 0.3) is 5.91 Å². The number of hydrogen-bond donors (Lipinski definition) is 0. The second kappa shape index (κ2) is 8.48. The molecule has 1 amide bonds. The highest BCUT2D eigenvalue weighted by Crippen LogP contribution is 2.32. The Morgan fingerprint density at radius 1 is 1.24 bits per heavy atom. The Labute approximate surface area is 148 Å². The number of hydrogen-bond acceptors (Lipinski definition) is 4. The van der Waals surface area contributed by atoms with Crippen LogP contribution >= 0.6 is 0 Å². The number of benzene rings is 1. The van der Waals surface area contributed by atoms with Gasteiger partial charge in [0.1, 0.15) is 5.54 Å². The van der Waals surface area contributed by atoms with Crippen molar-refractivity contribution in [2.45, 2.75) is 44.6 Å². The van der Waals surface area contributed by atoms with Gasteiger partial charge in [0.15, 0.2) is 6.61 Å². The van der Waals surface area contributed by atoms with E-state index >= 15 is 0 Å². The Hall–Kier alpha value is -2.61. The Balaban J connectivity index is 1.87. The zero-order valence-corrected chi connectivity index (χ0v) is 14.8. The van der Waals surface area contributed by atoms with Gasteiger partial charge in [-0.3, -0.25) is 4.79 Å². The maximum atomic E-state index is 12.3. The molecule has 1 fully saturated rings. The lowest BCUT2D eigenvalue weighted by Crippen LogP contribution is -2.51. The number of likely N-dealkylation sites (N-methyl/N-ethyl adjacent to an activating group) is 1. The van der Waals surface area contributed by atoms with E-state index in [2.05, 4.69) is 6.07 Å². The number of ether oxygens (including phenoxy) is 1. The van der Waals surface area contributed by atoms with E-state index in [-0.39, 0.29) is 12.5 Å². The number of nitriles is 1. The molecule has 2 rings (SSSR count). The zero-order chi connectivity index (χ0) is 18.3. The molecule has 0 saturated heterocycles. The number of nitrogens with zero attached hydrogens (tertiary/aromatic N) is 2. The molecule has 0 radical (unpaired) electrons. The van der Waals surface area contributed by atoms with Gasteiger partial charge in [-0.15, -0.1) is 0 Å². The summed E-state index contributed by atoms with van der Waals surface area (Å²) in [6.45, 7) is 1.64. The summed E-state index contributed by atoms with van der Waals surface area (Å²) in [6, 6.07) is 10.00. The van der Waals surface area contributed by atoms with E-state index in [9.17, 15) is 14.9 Å². The Bertz CT molecular complexity index is 680. The number of aryl methyl sites for hydroxylation is 1. The van der Waals surface area contributed by atoms with E-state index in [4.69, 9.17) is 4.74 Å². The first-order valence-electron chi connectivity index (χ1n) is 8.56. The molecule has 0 heterocycles. The fourth-order valence-corrected chi connectivity index (χ4v) is 3.02. The summed E-state index contributed by atoms with van der Waals surface area (Å²) >= 11 is 0. The molecule has 25 heavy (non-hydrogen) atoms. The van der Waals surface area contributed by atoms with Gasteiger partial charge in [0.05, 0.1) is 6.07 Å². The second-order valence-electron chi connectivity index (χ2n) is 6.51. The fraction of sp³-hybridized carbons (Fsp3) is 0.450. The van der Waals surface area contributed by atoms with Gasteiger partial charge < -0.3 is 9.64 Å². The molecule has 1 aromatic rings. The van der Waals surface area contributed by atoms with Crippen molar-refractivity contribution in [2.75, 3.05) is 13.7 Å². The third kappa shape index (κ3) is 4.93. The van der Waals surface area contributed by atoms with Gasteiger partial charge in [-0.05, 0) is 31.4 Å². The van der Waals surface area contributed by atoms with Crippen LogP contribution in [0, 0.1) is 18.3 Å². The lowest BCUT2D eigenvalue weighted by molar-refractivity contribution is -0.150. The quantitative estimate of drug-likeness (QED) is 0.609. The molecule has 132 valence electrons. The van der Waals surface area contributed by atoms with E-state index in [1.54, 1.807) is 13.1 Å². The summed E-state index contributed by atoms with van der Waals surface area (Å²) in [5.74, 6) is -0.919. The number of esters is 1. The lowest BCUT2D eigenvalue weighted by atomic mass is 9.81. The molecule has 1 aromatic carbocycles.